The Balaban J connectivity index is 2.78. The van der Waals surface area contributed by atoms with Crippen LogP contribution in [-0.4, -0.2) is 40.6 Å². The maximum absolute atomic E-state index is 12.5. The second kappa shape index (κ2) is 5.97. The molecule has 1 saturated heterocycles. The van der Waals surface area contributed by atoms with E-state index in [0.717, 1.165) is 12.8 Å². The minimum absolute atomic E-state index is 0.0475. The van der Waals surface area contributed by atoms with Crippen molar-refractivity contribution in [3.63, 3.8) is 0 Å². The first kappa shape index (κ1) is 15.4. The number of morpholine rings is 1. The van der Waals surface area contributed by atoms with Gasteiger partial charge in [-0.05, 0) is 27.2 Å². The molecule has 1 rings (SSSR count). The van der Waals surface area contributed by atoms with E-state index in [0.29, 0.717) is 18.1 Å². The Morgan fingerprint density at radius 1 is 1.61 bits per heavy atom. The highest BCUT2D eigenvalue weighted by Crippen LogP contribution is 2.23. The number of nitrogens with two attached hydrogens (primary N) is 1. The van der Waals surface area contributed by atoms with Crippen LogP contribution in [0.4, 0.5) is 0 Å². The van der Waals surface area contributed by atoms with Crippen molar-refractivity contribution in [2.24, 2.45) is 11.7 Å². The molecule has 0 aromatic carbocycles. The third kappa shape index (κ3) is 3.92. The Kier molecular flexibility index (Phi) is 5.10. The lowest BCUT2D eigenvalue weighted by atomic mass is 9.99. The molecule has 0 spiro atoms. The lowest BCUT2D eigenvalue weighted by Crippen LogP contribution is -2.56. The zero-order chi connectivity index (χ0) is 13.9. The molecule has 0 aliphatic carbocycles. The number of rotatable bonds is 4. The molecule has 18 heavy (non-hydrogen) atoms. The molecule has 1 aliphatic rings. The van der Waals surface area contributed by atoms with Gasteiger partial charge in [0, 0.05) is 13.1 Å². The summed E-state index contributed by atoms with van der Waals surface area (Å²) in [4.78, 5) is 14.6. The molecule has 0 saturated carbocycles. The van der Waals surface area contributed by atoms with Gasteiger partial charge in [0.05, 0.1) is 22.6 Å². The number of hydrogen-bond acceptors (Lipinski definition) is 3. The third-order valence-electron chi connectivity index (χ3n) is 3.10. The number of amides is 1. The molecule has 5 heteroatoms. The predicted molar refractivity (Wildman–Crippen MR) is 76.4 cm³/mol. The van der Waals surface area contributed by atoms with Crippen molar-refractivity contribution < 1.29 is 9.53 Å². The molecule has 1 fully saturated rings. The Morgan fingerprint density at radius 3 is 2.67 bits per heavy atom. The number of nitrogens with zero attached hydrogens (tertiary/aromatic N) is 1. The normalized spacial score (nSPS) is 24.7. The van der Waals surface area contributed by atoms with Gasteiger partial charge in [0.25, 0.3) is 0 Å². The van der Waals surface area contributed by atoms with Crippen molar-refractivity contribution in [1.82, 2.24) is 4.90 Å². The highest BCUT2D eigenvalue weighted by atomic mass is 32.1. The van der Waals surface area contributed by atoms with Crippen LogP contribution in [0.25, 0.3) is 0 Å². The molecule has 2 N–H and O–H groups in total. The molecular weight excluding hydrogens is 248 g/mol. The van der Waals surface area contributed by atoms with Crippen molar-refractivity contribution in [1.29, 1.82) is 0 Å². The van der Waals surface area contributed by atoms with E-state index in [1.807, 2.05) is 32.6 Å². The molecule has 4 nitrogen and oxygen atoms in total. The van der Waals surface area contributed by atoms with Crippen LogP contribution in [0.2, 0.25) is 0 Å². The van der Waals surface area contributed by atoms with Crippen molar-refractivity contribution in [2.75, 3.05) is 13.1 Å². The van der Waals surface area contributed by atoms with E-state index >= 15 is 0 Å². The molecular formula is C13H24N2O2S. The van der Waals surface area contributed by atoms with Crippen LogP contribution in [0.3, 0.4) is 0 Å². The van der Waals surface area contributed by atoms with Gasteiger partial charge in [-0.1, -0.05) is 25.6 Å². The first-order valence-corrected chi connectivity index (χ1v) is 6.93. The van der Waals surface area contributed by atoms with E-state index in [2.05, 4.69) is 0 Å². The fourth-order valence-electron chi connectivity index (χ4n) is 2.52. The van der Waals surface area contributed by atoms with Gasteiger partial charge in [-0.15, -0.1) is 0 Å². The van der Waals surface area contributed by atoms with Crippen LogP contribution in [0.15, 0.2) is 0 Å². The van der Waals surface area contributed by atoms with Gasteiger partial charge in [-0.2, -0.15) is 0 Å². The molecule has 1 aliphatic heterocycles. The molecule has 0 aromatic heterocycles. The average Bonchev–Trinajstić information content (AvgIpc) is 2.21. The number of ether oxygens (including phenoxy) is 1. The second-order valence-corrected chi connectivity index (χ2v) is 6.12. The van der Waals surface area contributed by atoms with Crippen molar-refractivity contribution in [3.8, 4) is 0 Å². The van der Waals surface area contributed by atoms with E-state index in [1.54, 1.807) is 0 Å². The fraction of sp³-hybridized carbons (Fsp3) is 0.846. The van der Waals surface area contributed by atoms with E-state index < -0.39 is 0 Å². The van der Waals surface area contributed by atoms with Gasteiger partial charge in [-0.25, -0.2) is 0 Å². The summed E-state index contributed by atoms with van der Waals surface area (Å²) in [6, 6.07) is 0. The average molecular weight is 272 g/mol. The molecule has 0 bridgehead atoms. The number of carbonyl (C=O) groups is 1. The SMILES string of the molecule is CCCC(C(=O)N1CC(C)OC(C)(C)C1)C(N)=S. The summed E-state index contributed by atoms with van der Waals surface area (Å²) in [5.41, 5.74) is 5.38. The van der Waals surface area contributed by atoms with Gasteiger partial charge < -0.3 is 15.4 Å². The van der Waals surface area contributed by atoms with Crippen molar-refractivity contribution in [3.05, 3.63) is 0 Å². The number of hydrogen-bond donors (Lipinski definition) is 1. The minimum Gasteiger partial charge on any atom is -0.393 e. The summed E-state index contributed by atoms with van der Waals surface area (Å²) in [5.74, 6) is -0.279. The van der Waals surface area contributed by atoms with E-state index in [1.165, 1.54) is 0 Å². The highest BCUT2D eigenvalue weighted by Gasteiger charge is 2.36. The Labute approximate surface area is 115 Å². The lowest BCUT2D eigenvalue weighted by Gasteiger charge is -2.42. The second-order valence-electron chi connectivity index (χ2n) is 5.65. The van der Waals surface area contributed by atoms with Gasteiger partial charge in [0.1, 0.15) is 0 Å². The van der Waals surface area contributed by atoms with Gasteiger partial charge in [-0.3, -0.25) is 4.79 Å². The molecule has 1 amide bonds. The topological polar surface area (TPSA) is 55.6 Å². The van der Waals surface area contributed by atoms with Crippen LogP contribution >= 0.6 is 12.2 Å². The predicted octanol–water partition coefficient (Wildman–Crippen LogP) is 1.71. The fourth-order valence-corrected chi connectivity index (χ4v) is 2.74. The standard InChI is InChI=1S/C13H24N2O2S/c1-5-6-10(11(14)18)12(16)15-7-9(2)17-13(3,4)8-15/h9-10H,5-8H2,1-4H3,(H2,14,18). The van der Waals surface area contributed by atoms with Crippen LogP contribution in [-0.2, 0) is 9.53 Å². The molecule has 1 heterocycles. The largest absolute Gasteiger partial charge is 0.393 e. The zero-order valence-corrected chi connectivity index (χ0v) is 12.5. The summed E-state index contributed by atoms with van der Waals surface area (Å²) in [6.07, 6.45) is 1.67. The van der Waals surface area contributed by atoms with Crippen LogP contribution in [0.5, 0.6) is 0 Å². The molecule has 2 atom stereocenters. The van der Waals surface area contributed by atoms with Gasteiger partial charge >= 0.3 is 0 Å². The van der Waals surface area contributed by atoms with Crippen LogP contribution < -0.4 is 5.73 Å². The minimum atomic E-state index is -0.328. The third-order valence-corrected chi connectivity index (χ3v) is 3.38. The lowest BCUT2D eigenvalue weighted by molar-refractivity contribution is -0.160. The number of carbonyl (C=O) groups excluding carboxylic acids is 1. The van der Waals surface area contributed by atoms with Crippen molar-refractivity contribution in [2.45, 2.75) is 52.2 Å². The monoisotopic (exact) mass is 272 g/mol. The van der Waals surface area contributed by atoms with E-state index in [4.69, 9.17) is 22.7 Å². The molecule has 0 radical (unpaired) electrons. The van der Waals surface area contributed by atoms with Gasteiger partial charge in [0.2, 0.25) is 5.91 Å². The summed E-state index contributed by atoms with van der Waals surface area (Å²) in [6.45, 7) is 9.22. The number of thiocarbonyl (C=S) groups is 1. The maximum Gasteiger partial charge on any atom is 0.232 e. The van der Waals surface area contributed by atoms with E-state index in [-0.39, 0.29) is 23.5 Å². The Hall–Kier alpha value is -0.680. The summed E-state index contributed by atoms with van der Waals surface area (Å²) in [7, 11) is 0. The van der Waals surface area contributed by atoms with Crippen molar-refractivity contribution >= 4 is 23.1 Å². The summed E-state index contributed by atoms with van der Waals surface area (Å²) in [5, 5.41) is 0. The quantitative estimate of drug-likeness (QED) is 0.792. The molecule has 0 aromatic rings. The van der Waals surface area contributed by atoms with E-state index in [9.17, 15) is 4.79 Å². The highest BCUT2D eigenvalue weighted by molar-refractivity contribution is 7.80. The van der Waals surface area contributed by atoms with Crippen LogP contribution in [0.1, 0.15) is 40.5 Å². The first-order valence-electron chi connectivity index (χ1n) is 6.52. The Bertz CT molecular complexity index is 331. The first-order chi connectivity index (χ1) is 8.26. The smallest absolute Gasteiger partial charge is 0.232 e. The summed E-state index contributed by atoms with van der Waals surface area (Å²) >= 11 is 5.01. The van der Waals surface area contributed by atoms with Gasteiger partial charge in [0.15, 0.2) is 0 Å². The maximum atomic E-state index is 12.5. The summed E-state index contributed by atoms with van der Waals surface area (Å²) < 4.78 is 5.80. The Morgan fingerprint density at radius 2 is 2.22 bits per heavy atom. The molecule has 2 unspecified atom stereocenters. The molecule has 104 valence electrons. The zero-order valence-electron chi connectivity index (χ0n) is 11.7. The van der Waals surface area contributed by atoms with Crippen LogP contribution in [0, 0.1) is 5.92 Å².